The smallest absolute Gasteiger partial charge is 0.0491 e. The van der Waals surface area contributed by atoms with Crippen LogP contribution in [0.4, 0.5) is 0 Å². The van der Waals surface area contributed by atoms with Crippen LogP contribution in [0.1, 0.15) is 53.4 Å². The zero-order chi connectivity index (χ0) is 15.7. The van der Waals surface area contributed by atoms with Crippen LogP contribution >= 0.6 is 0 Å². The maximum Gasteiger partial charge on any atom is 0.0491 e. The Morgan fingerprint density at radius 3 is 2.29 bits per heavy atom. The van der Waals surface area contributed by atoms with Crippen LogP contribution in [-0.4, -0.2) is 51.3 Å². The second-order valence-electron chi connectivity index (χ2n) is 7.41. The van der Waals surface area contributed by atoms with Crippen LogP contribution in [0.5, 0.6) is 0 Å². The van der Waals surface area contributed by atoms with E-state index in [1.54, 1.807) is 0 Å². The number of ether oxygens (including phenoxy) is 1. The van der Waals surface area contributed by atoms with Gasteiger partial charge in [-0.25, -0.2) is 0 Å². The molecule has 0 bridgehead atoms. The molecule has 126 valence electrons. The summed E-state index contributed by atoms with van der Waals surface area (Å²) in [6.45, 7) is 16.3. The minimum atomic E-state index is 0.447. The molecular weight excluding hydrogens is 260 g/mol. The molecule has 0 aromatic carbocycles. The van der Waals surface area contributed by atoms with Crippen LogP contribution in [0.2, 0.25) is 0 Å². The van der Waals surface area contributed by atoms with Crippen LogP contribution < -0.4 is 5.32 Å². The van der Waals surface area contributed by atoms with Crippen molar-refractivity contribution in [1.82, 2.24) is 10.2 Å². The van der Waals surface area contributed by atoms with Crippen molar-refractivity contribution < 1.29 is 4.74 Å². The number of methoxy groups -OCH3 is 1. The van der Waals surface area contributed by atoms with E-state index in [0.717, 1.165) is 31.5 Å². The molecule has 0 unspecified atom stereocenters. The quantitative estimate of drug-likeness (QED) is 0.669. The number of nitrogens with zero attached hydrogens (tertiary/aromatic N) is 1. The molecule has 1 N–H and O–H groups in total. The molecule has 1 aliphatic heterocycles. The first-order valence-electron chi connectivity index (χ1n) is 8.97. The number of rotatable bonds is 10. The minimum absolute atomic E-state index is 0.447. The Bertz CT molecular complexity index is 256. The molecule has 0 aliphatic carbocycles. The van der Waals surface area contributed by atoms with Gasteiger partial charge in [-0.05, 0) is 62.6 Å². The van der Waals surface area contributed by atoms with E-state index in [-0.39, 0.29) is 0 Å². The Morgan fingerprint density at radius 2 is 1.81 bits per heavy atom. The van der Waals surface area contributed by atoms with Gasteiger partial charge >= 0.3 is 0 Å². The summed E-state index contributed by atoms with van der Waals surface area (Å²) in [4.78, 5) is 2.69. The lowest BCUT2D eigenvalue weighted by Crippen LogP contribution is -2.47. The number of likely N-dealkylation sites (tertiary alicyclic amines) is 1. The van der Waals surface area contributed by atoms with Gasteiger partial charge in [0.15, 0.2) is 0 Å². The molecule has 0 radical (unpaired) electrons. The third-order valence-corrected chi connectivity index (χ3v) is 5.22. The monoisotopic (exact) mass is 298 g/mol. The van der Waals surface area contributed by atoms with Crippen LogP contribution in [0.3, 0.4) is 0 Å². The zero-order valence-corrected chi connectivity index (χ0v) is 15.1. The van der Waals surface area contributed by atoms with Gasteiger partial charge in [-0.15, -0.1) is 0 Å². The Labute approximate surface area is 132 Å². The number of nitrogens with one attached hydrogen (secondary N) is 1. The van der Waals surface area contributed by atoms with E-state index in [9.17, 15) is 0 Å². The van der Waals surface area contributed by atoms with Crippen molar-refractivity contribution in [3.63, 3.8) is 0 Å². The normalized spacial score (nSPS) is 18.6. The van der Waals surface area contributed by atoms with E-state index >= 15 is 0 Å². The average molecular weight is 299 g/mol. The van der Waals surface area contributed by atoms with Crippen molar-refractivity contribution in [3.05, 3.63) is 0 Å². The molecular formula is C18H38N2O. The highest BCUT2D eigenvalue weighted by Crippen LogP contribution is 2.29. The highest BCUT2D eigenvalue weighted by molar-refractivity contribution is 4.85. The molecule has 1 rings (SSSR count). The molecule has 0 aromatic heterocycles. The van der Waals surface area contributed by atoms with Gasteiger partial charge in [0.2, 0.25) is 0 Å². The highest BCUT2D eigenvalue weighted by atomic mass is 16.5. The average Bonchev–Trinajstić information content (AvgIpc) is 2.48. The van der Waals surface area contributed by atoms with E-state index in [1.807, 2.05) is 7.11 Å². The second-order valence-corrected chi connectivity index (χ2v) is 7.41. The maximum absolute atomic E-state index is 5.31. The van der Waals surface area contributed by atoms with Crippen molar-refractivity contribution in [3.8, 4) is 0 Å². The molecule has 1 aliphatic rings. The Balaban J connectivity index is 2.43. The van der Waals surface area contributed by atoms with Crippen LogP contribution in [0.25, 0.3) is 0 Å². The summed E-state index contributed by atoms with van der Waals surface area (Å²) < 4.78 is 5.31. The molecule has 0 aromatic rings. The van der Waals surface area contributed by atoms with E-state index in [1.165, 1.54) is 45.3 Å². The van der Waals surface area contributed by atoms with E-state index < -0.39 is 0 Å². The molecule has 1 heterocycles. The van der Waals surface area contributed by atoms with Gasteiger partial charge in [-0.1, -0.05) is 27.7 Å². The Kier molecular flexibility index (Phi) is 8.84. The summed E-state index contributed by atoms with van der Waals surface area (Å²) in [6, 6.07) is 0. The molecule has 0 atom stereocenters. The molecule has 0 saturated carbocycles. The highest BCUT2D eigenvalue weighted by Gasteiger charge is 2.30. The summed E-state index contributed by atoms with van der Waals surface area (Å²) in [6.07, 6.45) is 5.15. The predicted octanol–water partition coefficient (Wildman–Crippen LogP) is 3.40. The van der Waals surface area contributed by atoms with Gasteiger partial charge in [0.05, 0.1) is 0 Å². The van der Waals surface area contributed by atoms with Crippen LogP contribution in [0.15, 0.2) is 0 Å². The van der Waals surface area contributed by atoms with Gasteiger partial charge in [0, 0.05) is 26.8 Å². The maximum atomic E-state index is 5.31. The first-order chi connectivity index (χ1) is 10.0. The summed E-state index contributed by atoms with van der Waals surface area (Å²) >= 11 is 0. The number of hydrogen-bond acceptors (Lipinski definition) is 3. The topological polar surface area (TPSA) is 24.5 Å². The zero-order valence-electron chi connectivity index (χ0n) is 15.1. The first-order valence-corrected chi connectivity index (χ1v) is 8.97. The molecule has 0 spiro atoms. The van der Waals surface area contributed by atoms with Gasteiger partial charge in [0.25, 0.3) is 0 Å². The fourth-order valence-electron chi connectivity index (χ4n) is 3.43. The fourth-order valence-corrected chi connectivity index (χ4v) is 3.43. The largest absolute Gasteiger partial charge is 0.384 e. The summed E-state index contributed by atoms with van der Waals surface area (Å²) in [5.41, 5.74) is 0.447. The second kappa shape index (κ2) is 9.81. The molecule has 0 amide bonds. The van der Waals surface area contributed by atoms with E-state index in [4.69, 9.17) is 4.74 Å². The van der Waals surface area contributed by atoms with Crippen molar-refractivity contribution in [2.75, 3.05) is 46.4 Å². The summed E-state index contributed by atoms with van der Waals surface area (Å²) in [5.74, 6) is 1.52. The number of piperidine rings is 1. The molecule has 21 heavy (non-hydrogen) atoms. The summed E-state index contributed by atoms with van der Waals surface area (Å²) in [5, 5.41) is 3.70. The minimum Gasteiger partial charge on any atom is -0.384 e. The molecule has 1 saturated heterocycles. The fraction of sp³-hybridized carbons (Fsp3) is 1.00. The Morgan fingerprint density at radius 1 is 1.19 bits per heavy atom. The Hall–Kier alpha value is -0.120. The van der Waals surface area contributed by atoms with Gasteiger partial charge in [-0.3, -0.25) is 0 Å². The van der Waals surface area contributed by atoms with Gasteiger partial charge in [0.1, 0.15) is 0 Å². The van der Waals surface area contributed by atoms with Crippen LogP contribution in [-0.2, 0) is 4.74 Å². The predicted molar refractivity (Wildman–Crippen MR) is 91.8 cm³/mol. The van der Waals surface area contributed by atoms with Crippen molar-refractivity contribution in [1.29, 1.82) is 0 Å². The van der Waals surface area contributed by atoms with Crippen molar-refractivity contribution in [2.24, 2.45) is 17.3 Å². The van der Waals surface area contributed by atoms with E-state index in [0.29, 0.717) is 5.41 Å². The third kappa shape index (κ3) is 6.66. The molecule has 1 fully saturated rings. The van der Waals surface area contributed by atoms with E-state index in [2.05, 4.69) is 37.9 Å². The lowest BCUT2D eigenvalue weighted by Gasteiger charge is -2.40. The third-order valence-electron chi connectivity index (χ3n) is 5.22. The lowest BCUT2D eigenvalue weighted by molar-refractivity contribution is 0.0689. The van der Waals surface area contributed by atoms with Gasteiger partial charge in [-0.2, -0.15) is 0 Å². The SMILES string of the molecule is CCC(CC)(CNCC(C)C)CN1CCC(COC)CC1. The van der Waals surface area contributed by atoms with Crippen LogP contribution in [0, 0.1) is 17.3 Å². The van der Waals surface area contributed by atoms with Crippen molar-refractivity contribution >= 4 is 0 Å². The van der Waals surface area contributed by atoms with Crippen molar-refractivity contribution in [2.45, 2.75) is 53.4 Å². The summed E-state index contributed by atoms with van der Waals surface area (Å²) in [7, 11) is 1.83. The molecule has 3 heteroatoms. The number of hydrogen-bond donors (Lipinski definition) is 1. The first kappa shape index (κ1) is 18.9. The van der Waals surface area contributed by atoms with Gasteiger partial charge < -0.3 is 15.0 Å². The molecule has 3 nitrogen and oxygen atoms in total. The standard InChI is InChI=1S/C18H38N2O/c1-6-18(7-2,14-19-12-16(3)4)15-20-10-8-17(9-11-20)13-21-5/h16-17,19H,6-15H2,1-5H3. The lowest BCUT2D eigenvalue weighted by atomic mass is 9.80.